The quantitative estimate of drug-likeness (QED) is 0.168. The first-order valence-electron chi connectivity index (χ1n) is 20.6. The lowest BCUT2D eigenvalue weighted by Crippen LogP contribution is -2.34. The first kappa shape index (κ1) is 35.4. The van der Waals surface area contributed by atoms with E-state index in [0.717, 1.165) is 50.3 Å². The number of hydrogen-bond acceptors (Lipinski definition) is 5. The van der Waals surface area contributed by atoms with Gasteiger partial charge in [0.05, 0.1) is 16.8 Å². The average molecular weight is 797 g/mol. The molecular weight excluding hydrogens is 761 g/mol. The van der Waals surface area contributed by atoms with E-state index in [-0.39, 0.29) is 0 Å². The first-order valence-corrected chi connectivity index (χ1v) is 21.4. The molecule has 1 aromatic heterocycles. The van der Waals surface area contributed by atoms with Gasteiger partial charge in [-0.15, -0.1) is 0 Å². The van der Waals surface area contributed by atoms with Gasteiger partial charge in [-0.25, -0.2) is 15.0 Å². The highest BCUT2D eigenvalue weighted by atomic mass is 32.2. The maximum atomic E-state index is 5.38. The number of nitrogens with zero attached hydrogens (tertiary/aromatic N) is 4. The van der Waals surface area contributed by atoms with E-state index in [9.17, 15) is 0 Å². The molecule has 2 aliphatic heterocycles. The molecule has 4 nitrogen and oxygen atoms in total. The lowest BCUT2D eigenvalue weighted by Gasteiger charge is -2.43. The summed E-state index contributed by atoms with van der Waals surface area (Å²) in [5, 5.41) is 2.27. The van der Waals surface area contributed by atoms with Crippen LogP contribution in [0.1, 0.15) is 22.3 Å². The Labute approximate surface area is 358 Å². The largest absolute Gasteiger partial charge is 0.309 e. The van der Waals surface area contributed by atoms with Gasteiger partial charge in [-0.1, -0.05) is 200 Å². The third kappa shape index (κ3) is 5.51. The van der Waals surface area contributed by atoms with Crippen LogP contribution in [-0.2, 0) is 5.41 Å². The maximum Gasteiger partial charge on any atom is 0.164 e. The predicted molar refractivity (Wildman–Crippen MR) is 250 cm³/mol. The lowest BCUT2D eigenvalue weighted by atomic mass is 9.64. The molecule has 0 atom stereocenters. The molecule has 0 radical (unpaired) electrons. The highest BCUT2D eigenvalue weighted by Crippen LogP contribution is 2.63. The molecule has 0 unspecified atom stereocenters. The van der Waals surface area contributed by atoms with Crippen molar-refractivity contribution in [2.45, 2.75) is 15.2 Å². The number of hydrogen-bond donors (Lipinski definition) is 0. The molecule has 0 amide bonds. The Morgan fingerprint density at radius 1 is 0.377 bits per heavy atom. The molecule has 286 valence electrons. The van der Waals surface area contributed by atoms with Crippen LogP contribution in [0.25, 0.3) is 56.1 Å². The van der Waals surface area contributed by atoms with Gasteiger partial charge in [-0.3, -0.25) is 0 Å². The van der Waals surface area contributed by atoms with Crippen molar-refractivity contribution in [3.05, 3.63) is 241 Å². The smallest absolute Gasteiger partial charge is 0.164 e. The van der Waals surface area contributed by atoms with Crippen molar-refractivity contribution >= 4 is 39.6 Å². The van der Waals surface area contributed by atoms with E-state index in [2.05, 4.69) is 187 Å². The molecule has 61 heavy (non-hydrogen) atoms. The second-order valence-electron chi connectivity index (χ2n) is 15.5. The summed E-state index contributed by atoms with van der Waals surface area (Å²) >= 11 is 1.89. The highest BCUT2D eigenvalue weighted by molar-refractivity contribution is 8.00. The summed E-state index contributed by atoms with van der Waals surface area (Å²) in [6.07, 6.45) is 0. The third-order valence-corrected chi connectivity index (χ3v) is 13.4. The molecule has 0 N–H and O–H groups in total. The van der Waals surface area contributed by atoms with Gasteiger partial charge in [0.1, 0.15) is 0 Å². The van der Waals surface area contributed by atoms with Crippen LogP contribution in [0.3, 0.4) is 0 Å². The van der Waals surface area contributed by atoms with Crippen LogP contribution < -0.4 is 4.90 Å². The fourth-order valence-electron chi connectivity index (χ4n) is 9.56. The molecule has 12 rings (SSSR count). The van der Waals surface area contributed by atoms with Crippen LogP contribution in [0.15, 0.2) is 228 Å². The van der Waals surface area contributed by atoms with Crippen LogP contribution in [0.4, 0.5) is 17.1 Å². The van der Waals surface area contributed by atoms with Crippen LogP contribution in [-0.4, -0.2) is 15.0 Å². The zero-order chi connectivity index (χ0) is 40.3. The summed E-state index contributed by atoms with van der Waals surface area (Å²) in [6, 6.07) is 78.3. The van der Waals surface area contributed by atoms with Gasteiger partial charge >= 0.3 is 0 Å². The van der Waals surface area contributed by atoms with Gasteiger partial charge in [0.15, 0.2) is 17.5 Å². The first-order chi connectivity index (χ1) is 30.3. The zero-order valence-electron chi connectivity index (χ0n) is 33.0. The SMILES string of the molecule is c1ccc(-c2nc(-c3ccccc3)nc(-c3cc4c5c6c(cccc36)-c3ccccc3N(c3ccccc3)c3cccc(c3S5)C4(c3ccccc3)c3ccccc3)n2)cc1. The topological polar surface area (TPSA) is 41.9 Å². The van der Waals surface area contributed by atoms with Crippen LogP contribution in [0.2, 0.25) is 0 Å². The number of anilines is 3. The lowest BCUT2D eigenvalue weighted by molar-refractivity contribution is 0.706. The summed E-state index contributed by atoms with van der Waals surface area (Å²) in [4.78, 5) is 20.8. The summed E-state index contributed by atoms with van der Waals surface area (Å²) in [6.45, 7) is 0. The third-order valence-electron chi connectivity index (χ3n) is 12.2. The number of para-hydroxylation sites is 2. The van der Waals surface area contributed by atoms with E-state index in [1.54, 1.807) is 0 Å². The summed E-state index contributed by atoms with van der Waals surface area (Å²) < 4.78 is 0. The Balaban J connectivity index is 1.29. The van der Waals surface area contributed by atoms with E-state index in [0.29, 0.717) is 17.5 Å². The molecule has 3 heterocycles. The van der Waals surface area contributed by atoms with Crippen molar-refractivity contribution in [1.82, 2.24) is 15.0 Å². The second-order valence-corrected chi connectivity index (χ2v) is 16.5. The average Bonchev–Trinajstić information content (AvgIpc) is 3.39. The number of benzene rings is 9. The Bertz CT molecular complexity index is 3170. The minimum atomic E-state index is -0.721. The summed E-state index contributed by atoms with van der Waals surface area (Å²) in [7, 11) is 0. The van der Waals surface area contributed by atoms with Gasteiger partial charge in [-0.05, 0) is 63.5 Å². The van der Waals surface area contributed by atoms with E-state index < -0.39 is 5.41 Å². The van der Waals surface area contributed by atoms with Crippen molar-refractivity contribution in [2.24, 2.45) is 0 Å². The van der Waals surface area contributed by atoms with E-state index in [4.69, 9.17) is 15.0 Å². The molecule has 9 aromatic carbocycles. The zero-order valence-corrected chi connectivity index (χ0v) is 33.8. The van der Waals surface area contributed by atoms with E-state index in [1.807, 2.05) is 48.2 Å². The van der Waals surface area contributed by atoms with E-state index >= 15 is 0 Å². The number of rotatable bonds is 6. The molecular formula is C56H36N4S. The van der Waals surface area contributed by atoms with Crippen molar-refractivity contribution < 1.29 is 0 Å². The molecule has 5 heteroatoms. The standard InChI is InChI=1S/C56H36N4S/c1-6-20-37(21-7-1)53-57-54(38-22-8-2-9-23-38)59-55(58-53)45-36-47-52-50-43(31-18-32-44(45)50)42-30-16-17-34-48(42)60(41-28-14-5-15-29-41)49-35-19-33-46(51(49)61-52)56(47,39-24-10-3-11-25-39)40-26-12-4-13-27-40/h1-36H. The molecule has 0 saturated heterocycles. The number of fused-ring (bicyclic) bond motifs is 2. The molecule has 2 aliphatic rings. The van der Waals surface area contributed by atoms with Gasteiger partial charge in [0.25, 0.3) is 0 Å². The van der Waals surface area contributed by atoms with Gasteiger partial charge < -0.3 is 4.90 Å². The van der Waals surface area contributed by atoms with Gasteiger partial charge in [-0.2, -0.15) is 0 Å². The van der Waals surface area contributed by atoms with Gasteiger partial charge in [0, 0.05) is 43.1 Å². The maximum absolute atomic E-state index is 5.38. The van der Waals surface area contributed by atoms with Crippen molar-refractivity contribution in [1.29, 1.82) is 0 Å². The Morgan fingerprint density at radius 3 is 1.52 bits per heavy atom. The Hall–Kier alpha value is -7.60. The molecule has 0 saturated carbocycles. The summed E-state index contributed by atoms with van der Waals surface area (Å²) in [5.74, 6) is 1.90. The molecule has 0 aliphatic carbocycles. The molecule has 0 fully saturated rings. The van der Waals surface area contributed by atoms with Crippen LogP contribution >= 0.6 is 11.8 Å². The monoisotopic (exact) mass is 796 g/mol. The minimum absolute atomic E-state index is 0.631. The van der Waals surface area contributed by atoms with Crippen molar-refractivity contribution in [3.8, 4) is 45.3 Å². The Morgan fingerprint density at radius 2 is 0.885 bits per heavy atom. The predicted octanol–water partition coefficient (Wildman–Crippen LogP) is 14.3. The Kier molecular flexibility index (Phi) is 8.29. The second kappa shape index (κ2) is 14.3. The normalized spacial score (nSPS) is 13.3. The fraction of sp³-hybridized carbons (Fsp3) is 0.0179. The minimum Gasteiger partial charge on any atom is -0.309 e. The molecule has 6 bridgehead atoms. The number of aromatic nitrogens is 3. The van der Waals surface area contributed by atoms with Crippen LogP contribution in [0.5, 0.6) is 0 Å². The van der Waals surface area contributed by atoms with Gasteiger partial charge in [0.2, 0.25) is 0 Å². The fourth-order valence-corrected chi connectivity index (χ4v) is 11.0. The van der Waals surface area contributed by atoms with E-state index in [1.165, 1.54) is 37.4 Å². The van der Waals surface area contributed by atoms with Crippen molar-refractivity contribution in [3.63, 3.8) is 0 Å². The molecule has 0 spiro atoms. The van der Waals surface area contributed by atoms with Crippen molar-refractivity contribution in [2.75, 3.05) is 4.90 Å². The summed E-state index contributed by atoms with van der Waals surface area (Å²) in [5.41, 5.74) is 12.6. The highest BCUT2D eigenvalue weighted by Gasteiger charge is 2.47. The van der Waals surface area contributed by atoms with Crippen LogP contribution in [0, 0.1) is 0 Å². The molecule has 10 aromatic rings.